The minimum absolute atomic E-state index is 0.241. The molecule has 0 aromatic heterocycles. The molecule has 1 N–H and O–H groups in total. The van der Waals surface area contributed by atoms with Crippen molar-refractivity contribution in [2.24, 2.45) is 0 Å². The molecule has 0 saturated carbocycles. The van der Waals surface area contributed by atoms with Crippen molar-refractivity contribution in [2.45, 2.75) is 63.7 Å². The Morgan fingerprint density at radius 1 is 0.833 bits per heavy atom. The zero-order valence-electron chi connectivity index (χ0n) is 15.5. The molecule has 0 bridgehead atoms. The summed E-state index contributed by atoms with van der Waals surface area (Å²) in [7, 11) is -2.00. The van der Waals surface area contributed by atoms with Crippen LogP contribution < -0.4 is 15.7 Å². The fourth-order valence-electron chi connectivity index (χ4n) is 4.84. The van der Waals surface area contributed by atoms with Gasteiger partial charge in [-0.3, -0.25) is 0 Å². The third kappa shape index (κ3) is 2.98. The van der Waals surface area contributed by atoms with Crippen LogP contribution in [0.4, 0.5) is 0 Å². The van der Waals surface area contributed by atoms with Crippen molar-refractivity contribution >= 4 is 18.4 Å². The molecule has 0 radical (unpaired) electrons. The number of nitrogens with one attached hydrogen (secondary N) is 1. The summed E-state index contributed by atoms with van der Waals surface area (Å²) in [4.78, 5) is 0. The van der Waals surface area contributed by atoms with E-state index in [2.05, 4.69) is 93.7 Å². The summed E-state index contributed by atoms with van der Waals surface area (Å²) in [6.45, 7) is 9.73. The van der Waals surface area contributed by atoms with Gasteiger partial charge in [0.05, 0.1) is 0 Å². The summed E-state index contributed by atoms with van der Waals surface area (Å²) >= 11 is 0. The molecule has 2 heteroatoms. The minimum Gasteiger partial charge on any atom is -0.313 e. The lowest BCUT2D eigenvalue weighted by atomic mass is 10.1. The number of hydrogen-bond donors (Lipinski definition) is 1. The van der Waals surface area contributed by atoms with Crippen molar-refractivity contribution in [3.8, 4) is 0 Å². The summed E-state index contributed by atoms with van der Waals surface area (Å²) in [5.74, 6) is 0. The number of hydrogen-bond acceptors (Lipinski definition) is 1. The van der Waals surface area contributed by atoms with Gasteiger partial charge in [-0.25, -0.2) is 0 Å². The molecule has 1 nitrogen and oxygen atoms in total. The molecule has 2 unspecified atom stereocenters. The number of piperidine rings is 1. The van der Waals surface area contributed by atoms with Gasteiger partial charge in [0, 0.05) is 11.7 Å². The maximum Gasteiger partial charge on any atom is 0.139 e. The van der Waals surface area contributed by atoms with E-state index in [9.17, 15) is 0 Å². The smallest absolute Gasteiger partial charge is 0.139 e. The highest BCUT2D eigenvalue weighted by atomic mass is 28.3. The summed E-state index contributed by atoms with van der Waals surface area (Å²) in [6.07, 6.45) is 3.93. The maximum atomic E-state index is 4.02. The highest BCUT2D eigenvalue weighted by Gasteiger charge is 2.53. The van der Waals surface area contributed by atoms with Gasteiger partial charge < -0.3 is 5.32 Å². The molecule has 0 spiro atoms. The molecule has 24 heavy (non-hydrogen) atoms. The molecule has 0 aliphatic carbocycles. The SMILES string of the molecule is CC1CCCC([Si](c2ccccc2)(c2ccccc2)C(C)(C)C)N1. The Balaban J connectivity index is 2.25. The Kier molecular flexibility index (Phi) is 4.98. The molecule has 1 fully saturated rings. The average molecular weight is 338 g/mol. The van der Waals surface area contributed by atoms with Crippen molar-refractivity contribution in [1.82, 2.24) is 5.32 Å². The first kappa shape index (κ1) is 17.4. The first-order valence-electron chi connectivity index (χ1n) is 9.33. The van der Waals surface area contributed by atoms with Crippen molar-refractivity contribution in [3.63, 3.8) is 0 Å². The van der Waals surface area contributed by atoms with Crippen LogP contribution in [0.15, 0.2) is 60.7 Å². The Hall–Kier alpha value is -1.38. The Morgan fingerprint density at radius 3 is 1.75 bits per heavy atom. The van der Waals surface area contributed by atoms with Crippen molar-refractivity contribution in [1.29, 1.82) is 0 Å². The summed E-state index contributed by atoms with van der Waals surface area (Å²) < 4.78 is 0. The second-order valence-corrected chi connectivity index (χ2v) is 13.3. The molecule has 2 atom stereocenters. The molecule has 2 aromatic rings. The summed E-state index contributed by atoms with van der Waals surface area (Å²) in [5, 5.41) is 7.39. The van der Waals surface area contributed by atoms with Crippen LogP contribution in [0.2, 0.25) is 5.04 Å². The van der Waals surface area contributed by atoms with E-state index < -0.39 is 8.07 Å². The van der Waals surface area contributed by atoms with E-state index in [1.165, 1.54) is 19.3 Å². The van der Waals surface area contributed by atoms with E-state index in [1.54, 1.807) is 10.4 Å². The molecule has 0 amide bonds. The zero-order chi connectivity index (χ0) is 17.2. The topological polar surface area (TPSA) is 12.0 Å². The second-order valence-electron chi connectivity index (χ2n) is 8.34. The molecule has 3 rings (SSSR count). The van der Waals surface area contributed by atoms with Gasteiger partial charge in [-0.15, -0.1) is 0 Å². The van der Waals surface area contributed by atoms with E-state index in [0.29, 0.717) is 11.7 Å². The van der Waals surface area contributed by atoms with Crippen LogP contribution in [-0.4, -0.2) is 19.8 Å². The predicted molar refractivity (Wildman–Crippen MR) is 108 cm³/mol. The fourth-order valence-corrected chi connectivity index (χ4v) is 11.4. The van der Waals surface area contributed by atoms with Crippen LogP contribution in [0.3, 0.4) is 0 Å². The van der Waals surface area contributed by atoms with E-state index in [-0.39, 0.29) is 5.04 Å². The summed E-state index contributed by atoms with van der Waals surface area (Å²) in [5.41, 5.74) is 0.589. The number of rotatable bonds is 3. The standard InChI is InChI=1S/C22H31NSi/c1-18-12-11-17-21(23-18)24(22(2,3)4,19-13-7-5-8-14-19)20-15-9-6-10-16-20/h5-10,13-16,18,21,23H,11-12,17H2,1-4H3. The Bertz CT molecular complexity index is 605. The van der Waals surface area contributed by atoms with E-state index in [1.807, 2.05) is 0 Å². The van der Waals surface area contributed by atoms with Crippen molar-refractivity contribution in [2.75, 3.05) is 0 Å². The molecular formula is C22H31NSi. The molecule has 128 valence electrons. The second kappa shape index (κ2) is 6.85. The van der Waals surface area contributed by atoms with E-state index >= 15 is 0 Å². The van der Waals surface area contributed by atoms with Gasteiger partial charge in [-0.2, -0.15) is 0 Å². The first-order valence-corrected chi connectivity index (χ1v) is 11.4. The quantitative estimate of drug-likeness (QED) is 0.831. The van der Waals surface area contributed by atoms with E-state index in [4.69, 9.17) is 0 Å². The van der Waals surface area contributed by atoms with Crippen LogP contribution in [0.5, 0.6) is 0 Å². The van der Waals surface area contributed by atoms with Gasteiger partial charge in [0.1, 0.15) is 8.07 Å². The predicted octanol–water partition coefficient (Wildman–Crippen LogP) is 4.12. The average Bonchev–Trinajstić information content (AvgIpc) is 2.56. The number of benzene rings is 2. The highest BCUT2D eigenvalue weighted by Crippen LogP contribution is 2.40. The lowest BCUT2D eigenvalue weighted by Crippen LogP contribution is -2.76. The molecule has 1 aliphatic heterocycles. The van der Waals surface area contributed by atoms with Crippen molar-refractivity contribution < 1.29 is 0 Å². The first-order chi connectivity index (χ1) is 11.5. The third-order valence-corrected chi connectivity index (χ3v) is 12.1. The van der Waals surface area contributed by atoms with Crippen molar-refractivity contribution in [3.05, 3.63) is 60.7 Å². The van der Waals surface area contributed by atoms with Gasteiger partial charge >= 0.3 is 0 Å². The molecular weight excluding hydrogens is 306 g/mol. The Morgan fingerprint density at radius 2 is 1.33 bits per heavy atom. The minimum atomic E-state index is -2.00. The van der Waals surface area contributed by atoms with Gasteiger partial charge in [-0.05, 0) is 24.8 Å². The van der Waals surface area contributed by atoms with Gasteiger partial charge in [0.15, 0.2) is 0 Å². The van der Waals surface area contributed by atoms with Crippen LogP contribution >= 0.6 is 0 Å². The zero-order valence-corrected chi connectivity index (χ0v) is 16.5. The van der Waals surface area contributed by atoms with E-state index in [0.717, 1.165) is 0 Å². The summed E-state index contributed by atoms with van der Waals surface area (Å²) in [6, 6.07) is 23.3. The Labute approximate surface area is 148 Å². The van der Waals surface area contributed by atoms with Crippen LogP contribution in [0.1, 0.15) is 47.0 Å². The third-order valence-electron chi connectivity index (χ3n) is 5.78. The fraction of sp³-hybridized carbons (Fsp3) is 0.455. The van der Waals surface area contributed by atoms with Crippen LogP contribution in [0.25, 0.3) is 0 Å². The molecule has 1 aliphatic rings. The van der Waals surface area contributed by atoms with Gasteiger partial charge in [0.2, 0.25) is 0 Å². The largest absolute Gasteiger partial charge is 0.313 e. The van der Waals surface area contributed by atoms with Gasteiger partial charge in [0.25, 0.3) is 0 Å². The molecule has 1 heterocycles. The highest BCUT2D eigenvalue weighted by molar-refractivity contribution is 7.05. The lowest BCUT2D eigenvalue weighted by molar-refractivity contribution is 0.384. The lowest BCUT2D eigenvalue weighted by Gasteiger charge is -2.51. The van der Waals surface area contributed by atoms with Crippen LogP contribution in [0, 0.1) is 0 Å². The normalized spacial score (nSPS) is 22.3. The molecule has 1 saturated heterocycles. The van der Waals surface area contributed by atoms with Crippen LogP contribution in [-0.2, 0) is 0 Å². The van der Waals surface area contributed by atoms with Gasteiger partial charge in [-0.1, -0.05) is 98.2 Å². The maximum absolute atomic E-state index is 4.02. The monoisotopic (exact) mass is 337 g/mol. The molecule has 2 aromatic carbocycles.